The molecule has 8 heteroatoms. The van der Waals surface area contributed by atoms with Crippen LogP contribution in [0.25, 0.3) is 0 Å². The van der Waals surface area contributed by atoms with E-state index in [9.17, 15) is 14.4 Å². The molecule has 2 aliphatic heterocycles. The van der Waals surface area contributed by atoms with Gasteiger partial charge in [-0.05, 0) is 18.1 Å². The molecule has 0 saturated carbocycles. The van der Waals surface area contributed by atoms with Crippen molar-refractivity contribution in [1.82, 2.24) is 0 Å². The number of ether oxygens (including phenoxy) is 4. The Morgan fingerprint density at radius 1 is 0.963 bits per heavy atom. The number of esters is 3. The van der Waals surface area contributed by atoms with E-state index in [0.29, 0.717) is 6.54 Å². The molecule has 4 atom stereocenters. The molecule has 0 spiro atoms. The van der Waals surface area contributed by atoms with Gasteiger partial charge in [0.05, 0.1) is 6.61 Å². The lowest BCUT2D eigenvalue weighted by Crippen LogP contribution is -2.62. The monoisotopic (exact) mass is 377 g/mol. The van der Waals surface area contributed by atoms with Gasteiger partial charge in [0, 0.05) is 33.0 Å². The average Bonchev–Trinajstić information content (AvgIpc) is 3.00. The number of hydrogen-bond acceptors (Lipinski definition) is 8. The molecule has 0 aliphatic carbocycles. The molecule has 0 bridgehead atoms. The Morgan fingerprint density at radius 3 is 2.26 bits per heavy atom. The first-order valence-electron chi connectivity index (χ1n) is 8.84. The highest BCUT2D eigenvalue weighted by molar-refractivity contribution is 5.68. The Labute approximate surface area is 157 Å². The highest BCUT2D eigenvalue weighted by Crippen LogP contribution is 2.35. The van der Waals surface area contributed by atoms with Crippen LogP contribution in [0.1, 0.15) is 26.3 Å². The van der Waals surface area contributed by atoms with Gasteiger partial charge in [-0.3, -0.25) is 14.4 Å². The van der Waals surface area contributed by atoms with Crippen LogP contribution >= 0.6 is 0 Å². The van der Waals surface area contributed by atoms with Crippen LogP contribution < -0.4 is 4.90 Å². The Bertz CT molecular complexity index is 735. The van der Waals surface area contributed by atoms with E-state index < -0.39 is 42.4 Å². The summed E-state index contributed by atoms with van der Waals surface area (Å²) in [6.45, 7) is 4.49. The number of hydrogen-bond donors (Lipinski definition) is 0. The van der Waals surface area contributed by atoms with Crippen LogP contribution in [0.2, 0.25) is 0 Å². The summed E-state index contributed by atoms with van der Waals surface area (Å²) < 4.78 is 22.1. The largest absolute Gasteiger partial charge is 0.456 e. The normalized spacial score (nSPS) is 26.9. The Kier molecular flexibility index (Phi) is 5.65. The van der Waals surface area contributed by atoms with Gasteiger partial charge in [0.25, 0.3) is 0 Å². The van der Waals surface area contributed by atoms with Crippen LogP contribution in [-0.2, 0) is 39.8 Å². The molecule has 146 valence electrons. The van der Waals surface area contributed by atoms with Gasteiger partial charge in [-0.1, -0.05) is 18.2 Å². The van der Waals surface area contributed by atoms with Crippen LogP contribution in [0.3, 0.4) is 0 Å². The van der Waals surface area contributed by atoms with Crippen molar-refractivity contribution in [3.63, 3.8) is 0 Å². The number of fused-ring (bicyclic) bond motifs is 1. The van der Waals surface area contributed by atoms with Gasteiger partial charge in [-0.2, -0.15) is 0 Å². The molecule has 0 unspecified atom stereocenters. The van der Waals surface area contributed by atoms with Crippen LogP contribution in [0.5, 0.6) is 0 Å². The van der Waals surface area contributed by atoms with E-state index in [0.717, 1.165) is 17.7 Å². The smallest absolute Gasteiger partial charge is 0.303 e. The zero-order chi connectivity index (χ0) is 19.6. The summed E-state index contributed by atoms with van der Waals surface area (Å²) in [6.07, 6.45) is -2.58. The van der Waals surface area contributed by atoms with Crippen molar-refractivity contribution in [2.24, 2.45) is 0 Å². The summed E-state index contributed by atoms with van der Waals surface area (Å²) in [4.78, 5) is 36.8. The standard InChI is InChI=1S/C19H23NO7/c1-11(21)25-16-10-24-19(18(27-13(3)23)17(16)26-12(2)22)20-9-8-14-6-4-5-7-15(14)20/h4-7,16-19H,8-10H2,1-3H3/t16-,17+,18-,19+/m1/s1. The molecule has 0 amide bonds. The Hall–Kier alpha value is -2.61. The number of benzene rings is 1. The average molecular weight is 377 g/mol. The van der Waals surface area contributed by atoms with Crippen molar-refractivity contribution in [2.75, 3.05) is 18.1 Å². The molecule has 0 N–H and O–H groups in total. The van der Waals surface area contributed by atoms with Crippen LogP contribution in [0.15, 0.2) is 24.3 Å². The lowest BCUT2D eigenvalue weighted by atomic mass is 10.0. The minimum atomic E-state index is -0.957. The predicted octanol–water partition coefficient (Wildman–Crippen LogP) is 1.20. The van der Waals surface area contributed by atoms with Gasteiger partial charge >= 0.3 is 17.9 Å². The van der Waals surface area contributed by atoms with Gasteiger partial charge < -0.3 is 23.8 Å². The molecule has 8 nitrogen and oxygen atoms in total. The van der Waals surface area contributed by atoms with Crippen molar-refractivity contribution >= 4 is 23.6 Å². The molecular weight excluding hydrogens is 354 g/mol. The topological polar surface area (TPSA) is 91.4 Å². The highest BCUT2D eigenvalue weighted by Gasteiger charge is 2.49. The maximum Gasteiger partial charge on any atom is 0.303 e. The molecule has 0 aromatic heterocycles. The highest BCUT2D eigenvalue weighted by atomic mass is 16.6. The Balaban J connectivity index is 1.92. The second kappa shape index (κ2) is 7.96. The van der Waals surface area contributed by atoms with Gasteiger partial charge in [0.2, 0.25) is 0 Å². The molecule has 27 heavy (non-hydrogen) atoms. The Morgan fingerprint density at radius 2 is 1.59 bits per heavy atom. The van der Waals surface area contributed by atoms with E-state index in [1.54, 1.807) is 0 Å². The van der Waals surface area contributed by atoms with Crippen LogP contribution in [0.4, 0.5) is 5.69 Å². The first-order valence-corrected chi connectivity index (χ1v) is 8.84. The summed E-state index contributed by atoms with van der Waals surface area (Å²) in [5.41, 5.74) is 2.14. The van der Waals surface area contributed by atoms with Crippen LogP contribution in [-0.4, -0.2) is 55.6 Å². The van der Waals surface area contributed by atoms with Crippen molar-refractivity contribution in [2.45, 2.75) is 51.7 Å². The van der Waals surface area contributed by atoms with E-state index in [-0.39, 0.29) is 6.61 Å². The zero-order valence-electron chi connectivity index (χ0n) is 15.5. The summed E-state index contributed by atoms with van der Waals surface area (Å²) in [5, 5.41) is 0. The molecule has 1 fully saturated rings. The van der Waals surface area contributed by atoms with Crippen LogP contribution in [0, 0.1) is 0 Å². The number of nitrogens with zero attached hydrogens (tertiary/aromatic N) is 1. The first-order chi connectivity index (χ1) is 12.9. The maximum atomic E-state index is 11.7. The fourth-order valence-electron chi connectivity index (χ4n) is 3.62. The number of para-hydroxylation sites is 1. The number of carbonyl (C=O) groups excluding carboxylic acids is 3. The second-order valence-corrected chi connectivity index (χ2v) is 6.59. The van der Waals surface area contributed by atoms with E-state index in [4.69, 9.17) is 18.9 Å². The quantitative estimate of drug-likeness (QED) is 0.571. The molecule has 3 rings (SSSR count). The number of rotatable bonds is 4. The van der Waals surface area contributed by atoms with E-state index in [1.807, 2.05) is 29.2 Å². The van der Waals surface area contributed by atoms with E-state index >= 15 is 0 Å². The molecule has 2 aliphatic rings. The second-order valence-electron chi connectivity index (χ2n) is 6.59. The molecule has 2 heterocycles. The summed E-state index contributed by atoms with van der Waals surface area (Å²) in [5.74, 6) is -1.63. The first kappa shape index (κ1) is 19.2. The number of anilines is 1. The SMILES string of the molecule is CC(=O)O[C@@H]1[C@@H](OC(C)=O)[C@@H](N2CCc3ccccc32)OC[C@H]1OC(C)=O. The lowest BCUT2D eigenvalue weighted by Gasteiger charge is -2.44. The van der Waals surface area contributed by atoms with Gasteiger partial charge in [0.15, 0.2) is 24.5 Å². The van der Waals surface area contributed by atoms with E-state index in [2.05, 4.69) is 0 Å². The van der Waals surface area contributed by atoms with Gasteiger partial charge in [-0.15, -0.1) is 0 Å². The number of carbonyl (C=O) groups is 3. The zero-order valence-corrected chi connectivity index (χ0v) is 15.5. The fourth-order valence-corrected chi connectivity index (χ4v) is 3.62. The minimum Gasteiger partial charge on any atom is -0.456 e. The molecule has 1 aromatic carbocycles. The van der Waals surface area contributed by atoms with E-state index in [1.165, 1.54) is 20.8 Å². The van der Waals surface area contributed by atoms with Gasteiger partial charge in [-0.25, -0.2) is 0 Å². The van der Waals surface area contributed by atoms with Crippen molar-refractivity contribution in [1.29, 1.82) is 0 Å². The maximum absolute atomic E-state index is 11.7. The lowest BCUT2D eigenvalue weighted by molar-refractivity contribution is -0.225. The minimum absolute atomic E-state index is 0.0264. The third-order valence-electron chi connectivity index (χ3n) is 4.55. The summed E-state index contributed by atoms with van der Waals surface area (Å²) in [7, 11) is 0. The fraction of sp³-hybridized carbons (Fsp3) is 0.526. The third kappa shape index (κ3) is 4.21. The van der Waals surface area contributed by atoms with Crippen molar-refractivity contribution < 1.29 is 33.3 Å². The summed E-state index contributed by atoms with van der Waals surface area (Å²) >= 11 is 0. The molecular formula is C19H23NO7. The molecule has 1 saturated heterocycles. The van der Waals surface area contributed by atoms with Gasteiger partial charge in [0.1, 0.15) is 0 Å². The summed E-state index contributed by atoms with van der Waals surface area (Å²) in [6, 6.07) is 7.89. The van der Waals surface area contributed by atoms with Crippen molar-refractivity contribution in [3.05, 3.63) is 29.8 Å². The molecule has 1 aromatic rings. The third-order valence-corrected chi connectivity index (χ3v) is 4.55. The molecule has 0 radical (unpaired) electrons. The van der Waals surface area contributed by atoms with Crippen molar-refractivity contribution in [3.8, 4) is 0 Å². The predicted molar refractivity (Wildman–Crippen MR) is 93.9 cm³/mol.